The average Bonchev–Trinajstić information content (AvgIpc) is 3.55. The third-order valence-electron chi connectivity index (χ3n) is 4.90. The van der Waals surface area contributed by atoms with Gasteiger partial charge in [0.2, 0.25) is 11.2 Å². The van der Waals surface area contributed by atoms with Crippen LogP contribution in [0.2, 0.25) is 0 Å². The molecule has 2 aromatic carbocycles. The van der Waals surface area contributed by atoms with Gasteiger partial charge in [-0.1, -0.05) is 0 Å². The first-order chi connectivity index (χ1) is 13.9. The molecule has 1 heterocycles. The molecule has 1 amide bonds. The second-order valence-electron chi connectivity index (χ2n) is 6.79. The Hall–Kier alpha value is -3.42. The van der Waals surface area contributed by atoms with E-state index >= 15 is 0 Å². The quantitative estimate of drug-likeness (QED) is 0.706. The molecular weight excluding hydrogens is 382 g/mol. The number of benzene rings is 2. The highest BCUT2D eigenvalue weighted by molar-refractivity contribution is 6.06. The van der Waals surface area contributed by atoms with E-state index in [4.69, 9.17) is 9.47 Å². The topological polar surface area (TPSA) is 69.6 Å². The molecule has 3 aromatic rings. The van der Waals surface area contributed by atoms with Crippen LogP contribution >= 0.6 is 0 Å². The number of pyridine rings is 1. The van der Waals surface area contributed by atoms with Crippen molar-refractivity contribution in [1.82, 2.24) is 4.57 Å². The van der Waals surface area contributed by atoms with Gasteiger partial charge in [-0.25, -0.2) is 4.39 Å². The van der Waals surface area contributed by atoms with Crippen LogP contribution in [0.1, 0.15) is 29.2 Å². The van der Waals surface area contributed by atoms with Crippen molar-refractivity contribution in [2.24, 2.45) is 0 Å². The zero-order valence-electron chi connectivity index (χ0n) is 15.8. The van der Waals surface area contributed by atoms with Gasteiger partial charge in [0.1, 0.15) is 11.3 Å². The summed E-state index contributed by atoms with van der Waals surface area (Å²) >= 11 is 0. The van der Waals surface area contributed by atoms with Crippen molar-refractivity contribution in [1.29, 1.82) is 0 Å². The number of anilines is 1. The van der Waals surface area contributed by atoms with Crippen LogP contribution in [0.4, 0.5) is 14.5 Å². The summed E-state index contributed by atoms with van der Waals surface area (Å²) in [5.41, 5.74) is -0.232. The number of halogens is 2. The lowest BCUT2D eigenvalue weighted by molar-refractivity contribution is 0.102. The summed E-state index contributed by atoms with van der Waals surface area (Å²) in [7, 11) is 2.74. The van der Waals surface area contributed by atoms with E-state index in [0.29, 0.717) is 11.4 Å². The zero-order valence-corrected chi connectivity index (χ0v) is 15.8. The number of nitrogens with one attached hydrogen (secondary N) is 1. The fourth-order valence-corrected chi connectivity index (χ4v) is 3.29. The Labute approximate surface area is 164 Å². The Balaban J connectivity index is 1.84. The van der Waals surface area contributed by atoms with Gasteiger partial charge in [-0.15, -0.1) is 0 Å². The molecular formula is C21H18F2N2O4. The van der Waals surface area contributed by atoms with E-state index in [0.717, 1.165) is 18.9 Å². The third-order valence-corrected chi connectivity index (χ3v) is 4.90. The molecule has 1 aliphatic carbocycles. The number of aromatic nitrogens is 1. The number of fused-ring (bicyclic) bond motifs is 1. The molecule has 0 spiro atoms. The summed E-state index contributed by atoms with van der Waals surface area (Å²) in [6, 6.07) is 7.41. The molecule has 1 N–H and O–H groups in total. The summed E-state index contributed by atoms with van der Waals surface area (Å²) in [6.07, 6.45) is 3.00. The van der Waals surface area contributed by atoms with Crippen LogP contribution in [-0.2, 0) is 0 Å². The van der Waals surface area contributed by atoms with Crippen LogP contribution in [0.5, 0.6) is 11.5 Å². The SMILES string of the molecule is COc1ccc(NC(=O)c2cn(C3CC3)c3c(OC)c(F)c(F)cc3c2=O)cc1. The van der Waals surface area contributed by atoms with Crippen molar-refractivity contribution in [3.05, 3.63) is 63.9 Å². The Morgan fingerprint density at radius 2 is 1.83 bits per heavy atom. The van der Waals surface area contributed by atoms with Gasteiger partial charge in [0.15, 0.2) is 11.6 Å². The van der Waals surface area contributed by atoms with Gasteiger partial charge in [0.05, 0.1) is 25.1 Å². The lowest BCUT2D eigenvalue weighted by atomic mass is 10.1. The molecule has 1 aromatic heterocycles. The first-order valence-corrected chi connectivity index (χ1v) is 9.00. The number of nitrogens with zero attached hydrogens (tertiary/aromatic N) is 1. The molecule has 0 saturated heterocycles. The van der Waals surface area contributed by atoms with Gasteiger partial charge in [0, 0.05) is 17.9 Å². The van der Waals surface area contributed by atoms with Crippen molar-refractivity contribution in [3.8, 4) is 11.5 Å². The molecule has 1 saturated carbocycles. The molecule has 0 aliphatic heterocycles. The van der Waals surface area contributed by atoms with Gasteiger partial charge in [0.25, 0.3) is 5.91 Å². The molecule has 0 unspecified atom stereocenters. The van der Waals surface area contributed by atoms with Crippen LogP contribution < -0.4 is 20.2 Å². The fraction of sp³-hybridized carbons (Fsp3) is 0.238. The van der Waals surface area contributed by atoms with Crippen LogP contribution in [-0.4, -0.2) is 24.7 Å². The van der Waals surface area contributed by atoms with Crippen LogP contribution in [0.3, 0.4) is 0 Å². The van der Waals surface area contributed by atoms with Crippen LogP contribution in [0.25, 0.3) is 10.9 Å². The molecule has 0 radical (unpaired) electrons. The van der Waals surface area contributed by atoms with Crippen molar-refractivity contribution in [3.63, 3.8) is 0 Å². The van der Waals surface area contributed by atoms with Crippen molar-refractivity contribution < 1.29 is 23.0 Å². The van der Waals surface area contributed by atoms with Gasteiger partial charge < -0.3 is 19.4 Å². The lowest BCUT2D eigenvalue weighted by Crippen LogP contribution is -2.24. The maximum atomic E-state index is 14.2. The number of carbonyl (C=O) groups excluding carboxylic acids is 1. The molecule has 6 nitrogen and oxygen atoms in total. The minimum atomic E-state index is -1.21. The summed E-state index contributed by atoms with van der Waals surface area (Å²) in [4.78, 5) is 25.7. The predicted octanol–water partition coefficient (Wildman–Crippen LogP) is 3.88. The Bertz CT molecular complexity index is 1170. The second-order valence-corrected chi connectivity index (χ2v) is 6.79. The fourth-order valence-electron chi connectivity index (χ4n) is 3.29. The lowest BCUT2D eigenvalue weighted by Gasteiger charge is -2.16. The highest BCUT2D eigenvalue weighted by Gasteiger charge is 2.30. The van der Waals surface area contributed by atoms with E-state index in [-0.39, 0.29) is 28.3 Å². The first kappa shape index (κ1) is 18.9. The molecule has 29 heavy (non-hydrogen) atoms. The summed E-state index contributed by atoms with van der Waals surface area (Å²) in [5, 5.41) is 2.55. The van der Waals surface area contributed by atoms with Gasteiger partial charge >= 0.3 is 0 Å². The Kier molecular flexibility index (Phi) is 4.70. The molecule has 0 atom stereocenters. The number of methoxy groups -OCH3 is 2. The molecule has 4 rings (SSSR count). The molecule has 1 aliphatic rings. The monoisotopic (exact) mass is 400 g/mol. The van der Waals surface area contributed by atoms with E-state index in [2.05, 4.69) is 5.32 Å². The minimum absolute atomic E-state index is 0.00982. The number of amides is 1. The highest BCUT2D eigenvalue weighted by atomic mass is 19.2. The van der Waals surface area contributed by atoms with E-state index in [1.54, 1.807) is 28.8 Å². The second kappa shape index (κ2) is 7.20. The molecule has 0 bridgehead atoms. The number of hydrogen-bond donors (Lipinski definition) is 1. The van der Waals surface area contributed by atoms with Crippen LogP contribution in [0, 0.1) is 11.6 Å². The maximum absolute atomic E-state index is 14.2. The highest BCUT2D eigenvalue weighted by Crippen LogP contribution is 2.40. The van der Waals surface area contributed by atoms with Crippen molar-refractivity contribution >= 4 is 22.5 Å². The third kappa shape index (κ3) is 3.30. The average molecular weight is 400 g/mol. The van der Waals surface area contributed by atoms with Gasteiger partial charge in [-0.05, 0) is 43.2 Å². The normalized spacial score (nSPS) is 13.4. The summed E-state index contributed by atoms with van der Waals surface area (Å²) < 4.78 is 40.0. The number of ether oxygens (including phenoxy) is 2. The van der Waals surface area contributed by atoms with E-state index < -0.39 is 23.0 Å². The van der Waals surface area contributed by atoms with Crippen molar-refractivity contribution in [2.45, 2.75) is 18.9 Å². The number of hydrogen-bond acceptors (Lipinski definition) is 4. The zero-order chi connectivity index (χ0) is 20.7. The number of carbonyl (C=O) groups is 1. The summed E-state index contributed by atoms with van der Waals surface area (Å²) in [5.74, 6) is -2.73. The van der Waals surface area contributed by atoms with Gasteiger partial charge in [-0.3, -0.25) is 9.59 Å². The van der Waals surface area contributed by atoms with E-state index in [1.165, 1.54) is 20.4 Å². The Morgan fingerprint density at radius 3 is 2.41 bits per heavy atom. The van der Waals surface area contributed by atoms with Crippen molar-refractivity contribution in [2.75, 3.05) is 19.5 Å². The molecule has 1 fully saturated rings. The van der Waals surface area contributed by atoms with Gasteiger partial charge in [-0.2, -0.15) is 4.39 Å². The molecule has 8 heteroatoms. The summed E-state index contributed by atoms with van der Waals surface area (Å²) in [6.45, 7) is 0. The minimum Gasteiger partial charge on any atom is -0.497 e. The molecule has 150 valence electrons. The van der Waals surface area contributed by atoms with E-state index in [9.17, 15) is 18.4 Å². The van der Waals surface area contributed by atoms with Crippen LogP contribution in [0.15, 0.2) is 41.3 Å². The Morgan fingerprint density at radius 1 is 1.14 bits per heavy atom. The van der Waals surface area contributed by atoms with E-state index in [1.807, 2.05) is 0 Å². The maximum Gasteiger partial charge on any atom is 0.261 e. The predicted molar refractivity (Wildman–Crippen MR) is 104 cm³/mol. The first-order valence-electron chi connectivity index (χ1n) is 9.00. The largest absolute Gasteiger partial charge is 0.497 e. The smallest absolute Gasteiger partial charge is 0.261 e. The number of rotatable bonds is 5. The standard InChI is InChI=1S/C21H18F2N2O4/c1-28-13-7-3-11(4-8-13)24-21(27)15-10-25(12-5-6-12)18-14(19(15)26)9-16(22)17(23)20(18)29-2/h3-4,7-10,12H,5-6H2,1-2H3,(H,24,27).